The summed E-state index contributed by atoms with van der Waals surface area (Å²) in [7, 11) is 3.21. The van der Waals surface area contributed by atoms with Crippen LogP contribution in [-0.2, 0) is 6.54 Å². The first-order valence-electron chi connectivity index (χ1n) is 8.87. The Balaban J connectivity index is 0.00000364. The molecule has 27 heavy (non-hydrogen) atoms. The van der Waals surface area contributed by atoms with Crippen molar-refractivity contribution in [1.82, 2.24) is 15.5 Å². The van der Waals surface area contributed by atoms with Gasteiger partial charge in [0.2, 0.25) is 0 Å². The number of ether oxygens (including phenoxy) is 2. The lowest BCUT2D eigenvalue weighted by atomic mass is 10.2. The highest BCUT2D eigenvalue weighted by atomic mass is 127. The van der Waals surface area contributed by atoms with Gasteiger partial charge in [-0.1, -0.05) is 6.92 Å². The van der Waals surface area contributed by atoms with Crippen LogP contribution < -0.4 is 20.1 Å². The maximum absolute atomic E-state index is 12.6. The fraction of sp³-hybridized carbons (Fsp3) is 0.611. The Bertz CT molecular complexity index is 605. The van der Waals surface area contributed by atoms with Gasteiger partial charge in [0.15, 0.2) is 5.96 Å². The van der Waals surface area contributed by atoms with E-state index in [0.717, 1.165) is 19.6 Å². The molecule has 2 N–H and O–H groups in total. The Morgan fingerprint density at radius 3 is 2.78 bits per heavy atom. The summed E-state index contributed by atoms with van der Waals surface area (Å²) in [5.74, 6) is 1.33. The lowest BCUT2D eigenvalue weighted by Crippen LogP contribution is -2.44. The molecule has 0 amide bonds. The first-order chi connectivity index (χ1) is 12.6. The minimum Gasteiger partial charge on any atom is -0.497 e. The molecule has 6 nitrogen and oxygen atoms in total. The van der Waals surface area contributed by atoms with E-state index < -0.39 is 6.61 Å². The number of likely N-dealkylation sites (tertiary alicyclic amines) is 1. The summed E-state index contributed by atoms with van der Waals surface area (Å²) in [5, 5.41) is 6.46. The Morgan fingerprint density at radius 1 is 1.37 bits per heavy atom. The van der Waals surface area contributed by atoms with Crippen LogP contribution in [0.25, 0.3) is 0 Å². The summed E-state index contributed by atoms with van der Waals surface area (Å²) in [6.45, 7) is 2.55. The molecule has 0 saturated carbocycles. The van der Waals surface area contributed by atoms with E-state index in [4.69, 9.17) is 4.74 Å². The van der Waals surface area contributed by atoms with Gasteiger partial charge in [-0.15, -0.1) is 24.0 Å². The van der Waals surface area contributed by atoms with Crippen LogP contribution in [0.15, 0.2) is 23.2 Å². The lowest BCUT2D eigenvalue weighted by molar-refractivity contribution is -0.0504. The molecule has 1 aromatic rings. The highest BCUT2D eigenvalue weighted by molar-refractivity contribution is 14.0. The van der Waals surface area contributed by atoms with Crippen LogP contribution in [0.5, 0.6) is 11.5 Å². The van der Waals surface area contributed by atoms with E-state index in [1.165, 1.54) is 26.0 Å². The van der Waals surface area contributed by atoms with Crippen molar-refractivity contribution in [3.63, 3.8) is 0 Å². The molecule has 9 heteroatoms. The monoisotopic (exact) mass is 498 g/mol. The Labute approximate surface area is 176 Å². The van der Waals surface area contributed by atoms with E-state index in [9.17, 15) is 8.78 Å². The fourth-order valence-electron chi connectivity index (χ4n) is 3.19. The van der Waals surface area contributed by atoms with Gasteiger partial charge in [0.25, 0.3) is 0 Å². The Morgan fingerprint density at radius 2 is 2.15 bits per heavy atom. The first-order valence-corrected chi connectivity index (χ1v) is 8.87. The van der Waals surface area contributed by atoms with Crippen molar-refractivity contribution in [2.75, 3.05) is 33.8 Å². The largest absolute Gasteiger partial charge is 0.497 e. The van der Waals surface area contributed by atoms with Crippen LogP contribution in [0.2, 0.25) is 0 Å². The van der Waals surface area contributed by atoms with Crippen LogP contribution in [0.4, 0.5) is 8.78 Å². The number of guanidine groups is 1. The summed E-state index contributed by atoms with van der Waals surface area (Å²) >= 11 is 0. The zero-order valence-electron chi connectivity index (χ0n) is 16.0. The second kappa shape index (κ2) is 12.2. The molecule has 1 unspecified atom stereocenters. The number of hydrogen-bond acceptors (Lipinski definition) is 4. The number of alkyl halides is 2. The molecule has 0 aromatic heterocycles. The van der Waals surface area contributed by atoms with Crippen molar-refractivity contribution in [2.45, 2.75) is 39.0 Å². The van der Waals surface area contributed by atoms with Gasteiger partial charge < -0.3 is 20.1 Å². The summed E-state index contributed by atoms with van der Waals surface area (Å²) in [5.41, 5.74) is 0.573. The van der Waals surface area contributed by atoms with Gasteiger partial charge in [0.05, 0.1) is 7.11 Å². The van der Waals surface area contributed by atoms with Gasteiger partial charge in [0.1, 0.15) is 11.5 Å². The molecular weight excluding hydrogens is 469 g/mol. The third-order valence-electron chi connectivity index (χ3n) is 4.56. The van der Waals surface area contributed by atoms with Gasteiger partial charge in [-0.3, -0.25) is 9.89 Å². The molecule has 1 heterocycles. The minimum atomic E-state index is -2.87. The smallest absolute Gasteiger partial charge is 0.387 e. The van der Waals surface area contributed by atoms with E-state index in [-0.39, 0.29) is 29.7 Å². The summed E-state index contributed by atoms with van der Waals surface area (Å²) in [6.07, 6.45) is 2.38. The van der Waals surface area contributed by atoms with Gasteiger partial charge in [-0.25, -0.2) is 0 Å². The average Bonchev–Trinajstić information content (AvgIpc) is 3.10. The quantitative estimate of drug-likeness (QED) is 0.328. The topological polar surface area (TPSA) is 58.1 Å². The number of methoxy groups -OCH3 is 1. The van der Waals surface area contributed by atoms with Gasteiger partial charge in [-0.2, -0.15) is 8.78 Å². The minimum absolute atomic E-state index is 0. The lowest BCUT2D eigenvalue weighted by Gasteiger charge is -2.24. The molecule has 154 valence electrons. The molecule has 0 radical (unpaired) electrons. The molecule has 0 aliphatic carbocycles. The van der Waals surface area contributed by atoms with Gasteiger partial charge >= 0.3 is 6.61 Å². The number of hydrogen-bond donors (Lipinski definition) is 2. The number of likely N-dealkylation sites (N-methyl/N-ethyl adjacent to an activating group) is 1. The standard InChI is InChI=1S/C18H28F2N4O2.HI/c1-4-24-9-5-6-14(24)12-23-18(21-2)22-11-13-10-15(25-3)7-8-16(13)26-17(19)20;/h7-8,10,14,17H,4-6,9,11-12H2,1-3H3,(H2,21,22,23);1H. The molecule has 1 atom stereocenters. The third kappa shape index (κ3) is 7.28. The van der Waals surface area contributed by atoms with Crippen molar-refractivity contribution in [2.24, 2.45) is 4.99 Å². The normalized spacial score (nSPS) is 17.6. The van der Waals surface area contributed by atoms with E-state index >= 15 is 0 Å². The maximum Gasteiger partial charge on any atom is 0.387 e. The van der Waals surface area contributed by atoms with Crippen molar-refractivity contribution in [3.05, 3.63) is 23.8 Å². The number of nitrogens with one attached hydrogen (secondary N) is 2. The van der Waals surface area contributed by atoms with E-state index in [1.807, 2.05) is 0 Å². The van der Waals surface area contributed by atoms with Crippen LogP contribution in [0.3, 0.4) is 0 Å². The van der Waals surface area contributed by atoms with Gasteiger partial charge in [0, 0.05) is 31.7 Å². The Hall–Kier alpha value is -1.36. The number of rotatable bonds is 8. The van der Waals surface area contributed by atoms with Crippen molar-refractivity contribution in [3.8, 4) is 11.5 Å². The van der Waals surface area contributed by atoms with Crippen LogP contribution in [0, 0.1) is 0 Å². The summed E-state index contributed by atoms with van der Waals surface area (Å²) < 4.78 is 34.9. The molecular formula is C18H29F2IN4O2. The third-order valence-corrected chi connectivity index (χ3v) is 4.56. The first kappa shape index (κ1) is 23.7. The summed E-state index contributed by atoms with van der Waals surface area (Å²) in [6, 6.07) is 5.24. The zero-order valence-corrected chi connectivity index (χ0v) is 18.3. The SMILES string of the molecule is CCN1CCCC1CNC(=NC)NCc1cc(OC)ccc1OC(F)F.I. The molecule has 2 rings (SSSR count). The van der Waals surface area contributed by atoms with Gasteiger partial charge in [-0.05, 0) is 44.1 Å². The van der Waals surface area contributed by atoms with Crippen LogP contribution in [0.1, 0.15) is 25.3 Å². The molecule has 1 saturated heterocycles. The molecule has 0 spiro atoms. The van der Waals surface area contributed by atoms with E-state index in [0.29, 0.717) is 29.9 Å². The van der Waals surface area contributed by atoms with Crippen LogP contribution in [-0.4, -0.2) is 57.3 Å². The Kier molecular flexibility index (Phi) is 10.7. The van der Waals surface area contributed by atoms with Crippen molar-refractivity contribution in [1.29, 1.82) is 0 Å². The fourth-order valence-corrected chi connectivity index (χ4v) is 3.19. The molecule has 1 aliphatic rings. The second-order valence-corrected chi connectivity index (χ2v) is 6.08. The molecule has 0 bridgehead atoms. The highest BCUT2D eigenvalue weighted by Gasteiger charge is 2.22. The summed E-state index contributed by atoms with van der Waals surface area (Å²) in [4.78, 5) is 6.65. The van der Waals surface area contributed by atoms with Crippen molar-refractivity contribution < 1.29 is 18.3 Å². The predicted octanol–water partition coefficient (Wildman–Crippen LogP) is 3.06. The van der Waals surface area contributed by atoms with E-state index in [1.54, 1.807) is 19.2 Å². The second-order valence-electron chi connectivity index (χ2n) is 6.08. The molecule has 1 aromatic carbocycles. The predicted molar refractivity (Wildman–Crippen MR) is 114 cm³/mol. The van der Waals surface area contributed by atoms with Crippen LogP contribution >= 0.6 is 24.0 Å². The number of nitrogens with zero attached hydrogens (tertiary/aromatic N) is 2. The van der Waals surface area contributed by atoms with E-state index in [2.05, 4.69) is 32.2 Å². The number of aliphatic imine (C=N–C) groups is 1. The number of halogens is 3. The average molecular weight is 498 g/mol. The number of benzene rings is 1. The molecule has 1 fully saturated rings. The highest BCUT2D eigenvalue weighted by Crippen LogP contribution is 2.25. The maximum atomic E-state index is 12.6. The van der Waals surface area contributed by atoms with Crippen molar-refractivity contribution >= 4 is 29.9 Å². The molecule has 1 aliphatic heterocycles. The zero-order chi connectivity index (χ0) is 18.9.